The summed E-state index contributed by atoms with van der Waals surface area (Å²) >= 11 is 0. The highest BCUT2D eigenvalue weighted by Gasteiger charge is 2.34. The number of pyridine rings is 1. The number of aliphatic hydroxyl groups is 1. The van der Waals surface area contributed by atoms with Crippen LogP contribution < -0.4 is 36.2 Å². The van der Waals surface area contributed by atoms with Gasteiger partial charge in [0.1, 0.15) is 42.9 Å². The maximum Gasteiger partial charge on any atom is 0.328 e. The number of anilines is 1. The number of hydrogen-bond donors (Lipinski definition) is 7. The van der Waals surface area contributed by atoms with Crippen molar-refractivity contribution in [1.82, 2.24) is 36.3 Å². The van der Waals surface area contributed by atoms with Crippen molar-refractivity contribution in [2.45, 2.75) is 108 Å². The van der Waals surface area contributed by atoms with E-state index in [1.54, 1.807) is 123 Å². The fourth-order valence-electron chi connectivity index (χ4n) is 8.04. The maximum absolute atomic E-state index is 14.4. The van der Waals surface area contributed by atoms with E-state index in [2.05, 4.69) is 36.3 Å². The number of aliphatic hydroxyl groups excluding tert-OH is 1. The molecule has 6 atom stereocenters. The van der Waals surface area contributed by atoms with Crippen molar-refractivity contribution in [2.24, 2.45) is 11.8 Å². The lowest BCUT2D eigenvalue weighted by Crippen LogP contribution is -2.60. The van der Waals surface area contributed by atoms with Crippen LogP contribution in [0.25, 0.3) is 10.8 Å². The highest BCUT2D eigenvalue weighted by atomic mass is 32.2. The first-order chi connectivity index (χ1) is 34.8. The average molecular weight is 1020 g/mol. The number of carbonyl (C=O) groups excluding carboxylic acids is 6. The summed E-state index contributed by atoms with van der Waals surface area (Å²) in [5.74, 6) is -4.94. The van der Waals surface area contributed by atoms with Crippen molar-refractivity contribution < 1.29 is 47.0 Å². The smallest absolute Gasteiger partial charge is 0.328 e. The van der Waals surface area contributed by atoms with Crippen LogP contribution in [0.3, 0.4) is 0 Å². The molecule has 0 aliphatic rings. The largest absolute Gasteiger partial charge is 0.459 e. The molecular formula is C54H68N8O10S. The van der Waals surface area contributed by atoms with Crippen LogP contribution in [0, 0.1) is 11.8 Å². The fraction of sp³-hybridized carbons (Fsp3) is 0.389. The van der Waals surface area contributed by atoms with E-state index >= 15 is 0 Å². The van der Waals surface area contributed by atoms with Gasteiger partial charge in [-0.2, -0.15) is 4.72 Å². The molecule has 5 rings (SSSR count). The third kappa shape index (κ3) is 16.9. The third-order valence-corrected chi connectivity index (χ3v) is 13.3. The summed E-state index contributed by atoms with van der Waals surface area (Å²) in [4.78, 5) is 89.2. The van der Waals surface area contributed by atoms with Crippen molar-refractivity contribution in [3.8, 4) is 0 Å². The Morgan fingerprint density at radius 2 is 1.03 bits per heavy atom. The van der Waals surface area contributed by atoms with E-state index in [1.807, 2.05) is 38.9 Å². The molecule has 1 aromatic heterocycles. The lowest BCUT2D eigenvalue weighted by Gasteiger charge is -2.27. The Balaban J connectivity index is 1.33. The van der Waals surface area contributed by atoms with Gasteiger partial charge in [0.2, 0.25) is 39.6 Å². The zero-order valence-electron chi connectivity index (χ0n) is 42.3. The second-order valence-corrected chi connectivity index (χ2v) is 20.6. The number of nitrogens with one attached hydrogen (secondary N) is 6. The molecule has 0 saturated heterocycles. The standard InChI is InChI=1S/C54H68N8O10S/c1-34(2)28-44(61-73(70,71)48-23-15-20-40-41(48)21-14-22-47(40)62(6)7)52(67)60-46(32-63)53(68)58-43(31-38-18-12-9-13-19-38)51(66)57-42(30-37-16-10-8-11-17-37)50(65)56-36(5)49(64)59-45(29-35(3)4)54(69)72-33-39-24-26-55-27-25-39/h8-27,34-36,42-46,61,63H,28-33H2,1-7H3,(H,56,65)(H,57,66)(H,58,68)(H,59,64)(H,60,67)/t36-,42-,43-,44-,45-,46-/m0/s1. The van der Waals surface area contributed by atoms with E-state index in [0.717, 1.165) is 5.69 Å². The number of ether oxygens (including phenoxy) is 1. The normalized spacial score (nSPS) is 13.9. The van der Waals surface area contributed by atoms with E-state index in [1.165, 1.54) is 13.0 Å². The molecular weight excluding hydrogens is 953 g/mol. The van der Waals surface area contributed by atoms with E-state index in [-0.39, 0.29) is 49.0 Å². The lowest BCUT2D eigenvalue weighted by molar-refractivity contribution is -0.149. The lowest BCUT2D eigenvalue weighted by atomic mass is 10.0. The Morgan fingerprint density at radius 1 is 0.548 bits per heavy atom. The van der Waals surface area contributed by atoms with Gasteiger partial charge in [-0.15, -0.1) is 0 Å². The van der Waals surface area contributed by atoms with Gasteiger partial charge in [-0.3, -0.25) is 29.0 Å². The molecule has 0 unspecified atom stereocenters. The van der Waals surface area contributed by atoms with Gasteiger partial charge in [-0.05, 0) is 72.6 Å². The second kappa shape index (κ2) is 27.0. The van der Waals surface area contributed by atoms with Gasteiger partial charge in [0.25, 0.3) is 0 Å². The van der Waals surface area contributed by atoms with Gasteiger partial charge in [0.15, 0.2) is 0 Å². The topological polar surface area (TPSA) is 254 Å². The molecule has 18 nitrogen and oxygen atoms in total. The van der Waals surface area contributed by atoms with Crippen LogP contribution in [0.15, 0.2) is 126 Å². The quantitative estimate of drug-likeness (QED) is 0.0392. The summed E-state index contributed by atoms with van der Waals surface area (Å²) in [6.45, 7) is 7.85. The van der Waals surface area contributed by atoms with Gasteiger partial charge in [-0.1, -0.05) is 113 Å². The number of benzene rings is 4. The molecule has 5 amide bonds. The second-order valence-electron chi connectivity index (χ2n) is 19.0. The van der Waals surface area contributed by atoms with E-state index in [4.69, 9.17) is 4.74 Å². The highest BCUT2D eigenvalue weighted by molar-refractivity contribution is 7.89. The summed E-state index contributed by atoms with van der Waals surface area (Å²) < 4.78 is 36.2. The molecule has 7 N–H and O–H groups in total. The van der Waals surface area contributed by atoms with Gasteiger partial charge in [0.05, 0.1) is 11.5 Å². The van der Waals surface area contributed by atoms with Crippen molar-refractivity contribution in [1.29, 1.82) is 0 Å². The zero-order valence-corrected chi connectivity index (χ0v) is 43.1. The number of aromatic nitrogens is 1. The molecule has 1 heterocycles. The molecule has 73 heavy (non-hydrogen) atoms. The maximum atomic E-state index is 14.4. The Kier molecular flexibility index (Phi) is 21.0. The van der Waals surface area contributed by atoms with Crippen LogP contribution in [0.4, 0.5) is 5.69 Å². The Labute approximate surface area is 427 Å². The molecule has 19 heteroatoms. The van der Waals surface area contributed by atoms with E-state index in [0.29, 0.717) is 27.5 Å². The molecule has 0 bridgehead atoms. The predicted molar refractivity (Wildman–Crippen MR) is 278 cm³/mol. The van der Waals surface area contributed by atoms with Crippen LogP contribution in [0.2, 0.25) is 0 Å². The number of carbonyl (C=O) groups is 6. The molecule has 0 saturated carbocycles. The molecule has 4 aromatic carbocycles. The monoisotopic (exact) mass is 1020 g/mol. The van der Waals surface area contributed by atoms with Crippen LogP contribution in [0.1, 0.15) is 64.2 Å². The van der Waals surface area contributed by atoms with Crippen molar-refractivity contribution in [3.05, 3.63) is 138 Å². The molecule has 0 radical (unpaired) electrons. The van der Waals surface area contributed by atoms with E-state index < -0.39 is 88.4 Å². The highest BCUT2D eigenvalue weighted by Crippen LogP contribution is 2.30. The minimum Gasteiger partial charge on any atom is -0.459 e. The first-order valence-corrected chi connectivity index (χ1v) is 25.7. The summed E-state index contributed by atoms with van der Waals surface area (Å²) in [5.41, 5.74) is 2.78. The molecule has 390 valence electrons. The van der Waals surface area contributed by atoms with Gasteiger partial charge in [0, 0.05) is 55.8 Å². The fourth-order valence-corrected chi connectivity index (χ4v) is 9.47. The molecule has 0 aliphatic carbocycles. The number of esters is 1. The molecule has 0 aliphatic heterocycles. The summed E-state index contributed by atoms with van der Waals surface area (Å²) in [5, 5.41) is 24.9. The van der Waals surface area contributed by atoms with Crippen molar-refractivity contribution in [3.63, 3.8) is 0 Å². The van der Waals surface area contributed by atoms with Crippen molar-refractivity contribution in [2.75, 3.05) is 25.6 Å². The van der Waals surface area contributed by atoms with Crippen molar-refractivity contribution >= 4 is 62.0 Å². The van der Waals surface area contributed by atoms with Gasteiger partial charge < -0.3 is 41.3 Å². The van der Waals surface area contributed by atoms with Gasteiger partial charge in [-0.25, -0.2) is 13.2 Å². The summed E-state index contributed by atoms with van der Waals surface area (Å²) in [6, 6.07) is 23.1. The van der Waals surface area contributed by atoms with E-state index in [9.17, 15) is 42.3 Å². The van der Waals surface area contributed by atoms with Crippen LogP contribution in [0.5, 0.6) is 0 Å². The first kappa shape index (κ1) is 56.7. The molecule has 5 aromatic rings. The van der Waals surface area contributed by atoms with Crippen LogP contribution in [-0.4, -0.2) is 111 Å². The number of amides is 5. The third-order valence-electron chi connectivity index (χ3n) is 11.8. The Hall–Kier alpha value is -7.22. The van der Waals surface area contributed by atoms with Crippen LogP contribution >= 0.6 is 0 Å². The number of sulfonamides is 1. The van der Waals surface area contributed by atoms with Crippen LogP contribution in [-0.2, 0) is 63.0 Å². The molecule has 0 spiro atoms. The summed E-state index contributed by atoms with van der Waals surface area (Å²) in [6.07, 6.45) is 3.30. The number of fused-ring (bicyclic) bond motifs is 1. The minimum absolute atomic E-state index is 0.0105. The average Bonchev–Trinajstić information content (AvgIpc) is 3.36. The Morgan fingerprint density at radius 3 is 1.58 bits per heavy atom. The van der Waals surface area contributed by atoms with Gasteiger partial charge >= 0.3 is 5.97 Å². The molecule has 0 fully saturated rings. The number of hydrogen-bond acceptors (Lipinski definition) is 12. The summed E-state index contributed by atoms with van der Waals surface area (Å²) in [7, 11) is -0.662. The first-order valence-electron chi connectivity index (χ1n) is 24.2. The zero-order chi connectivity index (χ0) is 53.2. The number of rotatable bonds is 26. The Bertz CT molecular complexity index is 2760. The minimum atomic E-state index is -4.35. The predicted octanol–water partition coefficient (Wildman–Crippen LogP) is 3.70. The number of nitrogens with zero attached hydrogens (tertiary/aromatic N) is 2. The SMILES string of the molecule is CC(C)C[C@H](NS(=O)(=O)c1cccc2c(N(C)C)cccc12)C(=O)N[C@@H](CO)C(=O)N[C@@H](Cc1ccccc1)C(=O)N[C@@H](Cc1ccccc1)C(=O)N[C@@H](C)C(=O)N[C@@H](CC(C)C)C(=O)OCc1ccncc1.